The van der Waals surface area contributed by atoms with E-state index in [0.717, 1.165) is 13.1 Å². The number of hydrogen-bond donors (Lipinski definition) is 0. The van der Waals surface area contributed by atoms with Gasteiger partial charge < -0.3 is 19.1 Å². The number of rotatable bonds is 1. The summed E-state index contributed by atoms with van der Waals surface area (Å²) in [6.07, 6.45) is 0. The van der Waals surface area contributed by atoms with Crippen molar-refractivity contribution in [2.24, 2.45) is 0 Å². The number of anilines is 1. The molecule has 92 valence electrons. The lowest BCUT2D eigenvalue weighted by Crippen LogP contribution is -2.37. The van der Waals surface area contributed by atoms with Crippen LogP contribution >= 0.6 is 11.6 Å². The van der Waals surface area contributed by atoms with Crippen molar-refractivity contribution in [3.8, 4) is 11.6 Å². The second kappa shape index (κ2) is 4.54. The molecule has 0 bridgehead atoms. The summed E-state index contributed by atoms with van der Waals surface area (Å²) in [4.78, 5) is 10.3. The first-order chi connectivity index (χ1) is 8.34. The lowest BCUT2D eigenvalue weighted by Gasteiger charge is -2.30. The fraction of sp³-hybridized carbons (Fsp3) is 0.600. The van der Waals surface area contributed by atoms with Crippen LogP contribution in [-0.4, -0.2) is 49.5 Å². The maximum atomic E-state index is 5.89. The van der Waals surface area contributed by atoms with Gasteiger partial charge in [0.2, 0.25) is 11.0 Å². The molecule has 0 atom stereocenters. The number of hydrogen-bond acceptors (Lipinski definition) is 6. The molecule has 7 heteroatoms. The van der Waals surface area contributed by atoms with Gasteiger partial charge in [0, 0.05) is 13.1 Å². The van der Waals surface area contributed by atoms with E-state index in [2.05, 4.69) is 14.9 Å². The molecule has 3 heterocycles. The smallest absolute Gasteiger partial charge is 0.263 e. The van der Waals surface area contributed by atoms with Gasteiger partial charge in [-0.25, -0.2) is 0 Å². The van der Waals surface area contributed by atoms with Gasteiger partial charge in [0.15, 0.2) is 5.82 Å². The highest BCUT2D eigenvalue weighted by atomic mass is 35.5. The number of aromatic nitrogens is 2. The Bertz CT molecular complexity index is 424. The van der Waals surface area contributed by atoms with Gasteiger partial charge in [-0.05, 0) is 11.6 Å². The summed E-state index contributed by atoms with van der Waals surface area (Å²) in [5.41, 5.74) is 0. The highest BCUT2D eigenvalue weighted by molar-refractivity contribution is 6.28. The lowest BCUT2D eigenvalue weighted by atomic mass is 10.3. The van der Waals surface area contributed by atoms with Crippen molar-refractivity contribution in [1.82, 2.24) is 9.97 Å². The Morgan fingerprint density at radius 1 is 1.00 bits per heavy atom. The molecule has 0 N–H and O–H groups in total. The molecule has 1 aromatic rings. The molecule has 17 heavy (non-hydrogen) atoms. The van der Waals surface area contributed by atoms with Gasteiger partial charge in [-0.1, -0.05) is 0 Å². The second-order valence-electron chi connectivity index (χ2n) is 3.75. The summed E-state index contributed by atoms with van der Waals surface area (Å²) < 4.78 is 16.3. The molecule has 6 nitrogen and oxygen atoms in total. The average molecular weight is 258 g/mol. The second-order valence-corrected chi connectivity index (χ2v) is 4.08. The molecular weight excluding hydrogens is 246 g/mol. The third kappa shape index (κ3) is 2.10. The van der Waals surface area contributed by atoms with Crippen molar-refractivity contribution in [2.45, 2.75) is 0 Å². The van der Waals surface area contributed by atoms with Gasteiger partial charge >= 0.3 is 0 Å². The van der Waals surface area contributed by atoms with Gasteiger partial charge in [-0.3, -0.25) is 0 Å². The van der Waals surface area contributed by atoms with Crippen LogP contribution in [0.25, 0.3) is 0 Å². The van der Waals surface area contributed by atoms with Gasteiger partial charge in [0.1, 0.15) is 13.2 Å². The molecular formula is C10H12ClN3O3. The fourth-order valence-electron chi connectivity index (χ4n) is 1.89. The van der Waals surface area contributed by atoms with Crippen molar-refractivity contribution >= 4 is 17.4 Å². The molecule has 0 amide bonds. The van der Waals surface area contributed by atoms with E-state index in [-0.39, 0.29) is 5.28 Å². The molecule has 0 saturated carbocycles. The molecule has 2 aliphatic heterocycles. The summed E-state index contributed by atoms with van der Waals surface area (Å²) in [5, 5.41) is 0.177. The van der Waals surface area contributed by atoms with Crippen LogP contribution < -0.4 is 14.4 Å². The minimum absolute atomic E-state index is 0.177. The number of ether oxygens (including phenoxy) is 3. The zero-order chi connectivity index (χ0) is 11.7. The van der Waals surface area contributed by atoms with Crippen LogP contribution in [0, 0.1) is 0 Å². The molecule has 0 unspecified atom stereocenters. The van der Waals surface area contributed by atoms with Crippen molar-refractivity contribution in [1.29, 1.82) is 0 Å². The Balaban J connectivity index is 1.98. The number of morpholine rings is 1. The van der Waals surface area contributed by atoms with Gasteiger partial charge in [0.05, 0.1) is 13.2 Å². The normalized spacial score (nSPS) is 19.2. The van der Waals surface area contributed by atoms with E-state index in [1.54, 1.807) is 0 Å². The van der Waals surface area contributed by atoms with E-state index in [0.29, 0.717) is 43.9 Å². The lowest BCUT2D eigenvalue weighted by molar-refractivity contribution is 0.120. The molecule has 2 aliphatic rings. The summed E-state index contributed by atoms with van der Waals surface area (Å²) in [5.74, 6) is 1.71. The summed E-state index contributed by atoms with van der Waals surface area (Å²) in [7, 11) is 0. The minimum atomic E-state index is 0.177. The molecule has 1 aromatic heterocycles. The molecule has 1 saturated heterocycles. The highest BCUT2D eigenvalue weighted by Crippen LogP contribution is 2.37. The van der Waals surface area contributed by atoms with Gasteiger partial charge in [0.25, 0.3) is 5.88 Å². The van der Waals surface area contributed by atoms with Crippen molar-refractivity contribution in [3.05, 3.63) is 5.28 Å². The average Bonchev–Trinajstić information content (AvgIpc) is 2.39. The largest absolute Gasteiger partial charge is 0.482 e. The number of fused-ring (bicyclic) bond motifs is 1. The molecule has 0 aromatic carbocycles. The molecule has 1 fully saturated rings. The molecule has 0 spiro atoms. The van der Waals surface area contributed by atoms with Crippen LogP contribution in [0.2, 0.25) is 5.28 Å². The van der Waals surface area contributed by atoms with Crippen LogP contribution in [-0.2, 0) is 4.74 Å². The predicted molar refractivity (Wildman–Crippen MR) is 61.1 cm³/mol. The van der Waals surface area contributed by atoms with E-state index < -0.39 is 0 Å². The molecule has 0 radical (unpaired) electrons. The first kappa shape index (κ1) is 10.9. The van der Waals surface area contributed by atoms with Gasteiger partial charge in [-0.2, -0.15) is 9.97 Å². The Hall–Kier alpha value is -1.27. The van der Waals surface area contributed by atoms with Gasteiger partial charge in [-0.15, -0.1) is 0 Å². The Labute approximate surface area is 103 Å². The highest BCUT2D eigenvalue weighted by Gasteiger charge is 2.25. The van der Waals surface area contributed by atoms with Crippen LogP contribution in [0.4, 0.5) is 5.82 Å². The van der Waals surface area contributed by atoms with E-state index in [4.69, 9.17) is 25.8 Å². The van der Waals surface area contributed by atoms with Crippen LogP contribution in [0.3, 0.4) is 0 Å². The Morgan fingerprint density at radius 3 is 2.59 bits per heavy atom. The zero-order valence-electron chi connectivity index (χ0n) is 9.19. The predicted octanol–water partition coefficient (Wildman–Crippen LogP) is 0.738. The Kier molecular flexibility index (Phi) is 2.90. The maximum Gasteiger partial charge on any atom is 0.263 e. The van der Waals surface area contributed by atoms with E-state index in [1.807, 2.05) is 0 Å². The van der Waals surface area contributed by atoms with Crippen molar-refractivity contribution in [2.75, 3.05) is 44.4 Å². The van der Waals surface area contributed by atoms with E-state index in [9.17, 15) is 0 Å². The summed E-state index contributed by atoms with van der Waals surface area (Å²) in [6, 6.07) is 0. The molecule has 3 rings (SSSR count). The maximum absolute atomic E-state index is 5.89. The first-order valence-corrected chi connectivity index (χ1v) is 5.88. The Morgan fingerprint density at radius 2 is 1.76 bits per heavy atom. The first-order valence-electron chi connectivity index (χ1n) is 5.50. The van der Waals surface area contributed by atoms with Crippen LogP contribution in [0.15, 0.2) is 0 Å². The van der Waals surface area contributed by atoms with E-state index in [1.165, 1.54) is 0 Å². The zero-order valence-corrected chi connectivity index (χ0v) is 9.94. The summed E-state index contributed by atoms with van der Waals surface area (Å²) >= 11 is 5.89. The standard InChI is InChI=1S/C10H12ClN3O3/c11-10-12-8(14-1-3-15-4-2-14)7-9(13-10)17-6-5-16-7/h1-6H2. The van der Waals surface area contributed by atoms with Crippen LogP contribution in [0.1, 0.15) is 0 Å². The fourth-order valence-corrected chi connectivity index (χ4v) is 2.05. The summed E-state index contributed by atoms with van der Waals surface area (Å²) in [6.45, 7) is 3.89. The minimum Gasteiger partial charge on any atom is -0.482 e. The number of nitrogens with zero attached hydrogens (tertiary/aromatic N) is 3. The third-order valence-electron chi connectivity index (χ3n) is 2.67. The third-order valence-corrected chi connectivity index (χ3v) is 2.84. The SMILES string of the molecule is Clc1nc2c(c(N3CCOCC3)n1)OCCO2. The quantitative estimate of drug-likeness (QED) is 0.692. The monoisotopic (exact) mass is 257 g/mol. The van der Waals surface area contributed by atoms with Crippen molar-refractivity contribution < 1.29 is 14.2 Å². The number of halogens is 1. The van der Waals surface area contributed by atoms with Crippen LogP contribution in [0.5, 0.6) is 11.6 Å². The van der Waals surface area contributed by atoms with Crippen molar-refractivity contribution in [3.63, 3.8) is 0 Å². The topological polar surface area (TPSA) is 56.7 Å². The van der Waals surface area contributed by atoms with E-state index >= 15 is 0 Å². The molecule has 0 aliphatic carbocycles.